The number of ether oxygens (including phenoxy) is 2. The third-order valence-electron chi connectivity index (χ3n) is 3.92. The van der Waals surface area contributed by atoms with Crippen molar-refractivity contribution in [3.8, 4) is 11.5 Å². The van der Waals surface area contributed by atoms with Crippen LogP contribution in [-0.2, 0) is 6.54 Å². The highest BCUT2D eigenvalue weighted by molar-refractivity contribution is 9.10. The Morgan fingerprint density at radius 2 is 2.05 bits per heavy atom. The van der Waals surface area contributed by atoms with Crippen molar-refractivity contribution in [3.63, 3.8) is 0 Å². The molecule has 0 heterocycles. The molecule has 3 nitrogen and oxygen atoms in total. The summed E-state index contributed by atoms with van der Waals surface area (Å²) in [5, 5.41) is 3.65. The normalized spacial score (nSPS) is 15.2. The Bertz CT molecular complexity index is 470. The van der Waals surface area contributed by atoms with Crippen LogP contribution < -0.4 is 14.8 Å². The lowest BCUT2D eigenvalue weighted by Gasteiger charge is -2.26. The minimum Gasteiger partial charge on any atom is -0.493 e. The monoisotopic (exact) mass is 341 g/mol. The summed E-state index contributed by atoms with van der Waals surface area (Å²) < 4.78 is 12.0. The third-order valence-corrected chi connectivity index (χ3v) is 4.51. The highest BCUT2D eigenvalue weighted by atomic mass is 79.9. The van der Waals surface area contributed by atoms with Gasteiger partial charge in [0.05, 0.1) is 18.2 Å². The summed E-state index contributed by atoms with van der Waals surface area (Å²) in [5.41, 5.74) is 1.41. The maximum atomic E-state index is 5.62. The van der Waals surface area contributed by atoms with Crippen LogP contribution in [0, 0.1) is 5.92 Å². The number of hydrogen-bond donors (Lipinski definition) is 1. The largest absolute Gasteiger partial charge is 0.493 e. The van der Waals surface area contributed by atoms with Crippen LogP contribution in [0.15, 0.2) is 16.6 Å². The van der Waals surface area contributed by atoms with Gasteiger partial charge in [-0.1, -0.05) is 0 Å². The van der Waals surface area contributed by atoms with Crippen molar-refractivity contribution >= 4 is 15.9 Å². The van der Waals surface area contributed by atoms with Crippen LogP contribution in [0.2, 0.25) is 0 Å². The van der Waals surface area contributed by atoms with Crippen molar-refractivity contribution in [2.24, 2.45) is 5.92 Å². The lowest BCUT2D eigenvalue weighted by Crippen LogP contribution is -2.40. The first-order valence-electron chi connectivity index (χ1n) is 7.22. The lowest BCUT2D eigenvalue weighted by atomic mass is 9.98. The van der Waals surface area contributed by atoms with Crippen LogP contribution >= 0.6 is 15.9 Å². The quantitative estimate of drug-likeness (QED) is 0.808. The molecule has 1 saturated carbocycles. The van der Waals surface area contributed by atoms with Gasteiger partial charge in [-0.25, -0.2) is 0 Å². The predicted molar refractivity (Wildman–Crippen MR) is 85.5 cm³/mol. The summed E-state index contributed by atoms with van der Waals surface area (Å²) in [4.78, 5) is 0. The number of halogens is 1. The van der Waals surface area contributed by atoms with Gasteiger partial charge in [0.2, 0.25) is 0 Å². The van der Waals surface area contributed by atoms with Crippen LogP contribution in [-0.4, -0.2) is 19.3 Å². The van der Waals surface area contributed by atoms with Crippen LogP contribution in [0.4, 0.5) is 0 Å². The Morgan fingerprint density at radius 3 is 2.60 bits per heavy atom. The molecule has 0 amide bonds. The summed E-state index contributed by atoms with van der Waals surface area (Å²) >= 11 is 3.57. The van der Waals surface area contributed by atoms with Gasteiger partial charge in [0.25, 0.3) is 0 Å². The molecule has 1 fully saturated rings. The van der Waals surface area contributed by atoms with Crippen molar-refractivity contribution in [1.29, 1.82) is 0 Å². The van der Waals surface area contributed by atoms with Crippen LogP contribution in [0.1, 0.15) is 39.2 Å². The van der Waals surface area contributed by atoms with Crippen molar-refractivity contribution in [3.05, 3.63) is 22.2 Å². The number of nitrogens with one attached hydrogen (secondary N) is 1. The van der Waals surface area contributed by atoms with Crippen LogP contribution in [0.25, 0.3) is 0 Å². The summed E-state index contributed by atoms with van der Waals surface area (Å²) in [6.45, 7) is 8.00. The van der Waals surface area contributed by atoms with Gasteiger partial charge in [-0.3, -0.25) is 0 Å². The molecule has 1 aliphatic rings. The first-order valence-corrected chi connectivity index (χ1v) is 8.01. The Kier molecular flexibility index (Phi) is 4.97. The zero-order valence-electron chi connectivity index (χ0n) is 12.8. The first kappa shape index (κ1) is 15.6. The molecule has 0 bridgehead atoms. The molecule has 1 aromatic carbocycles. The van der Waals surface area contributed by atoms with E-state index < -0.39 is 0 Å². The second kappa shape index (κ2) is 6.35. The molecule has 0 aliphatic heterocycles. The van der Waals surface area contributed by atoms with Gasteiger partial charge in [0.15, 0.2) is 11.5 Å². The Morgan fingerprint density at radius 1 is 1.35 bits per heavy atom. The predicted octanol–water partition coefficient (Wildman–Crippen LogP) is 4.13. The van der Waals surface area contributed by atoms with Crippen molar-refractivity contribution in [1.82, 2.24) is 5.32 Å². The zero-order chi connectivity index (χ0) is 14.8. The Balaban J connectivity index is 2.10. The number of rotatable bonds is 7. The molecule has 4 heteroatoms. The number of benzene rings is 1. The van der Waals surface area contributed by atoms with E-state index in [2.05, 4.69) is 41.2 Å². The van der Waals surface area contributed by atoms with E-state index in [1.165, 1.54) is 18.4 Å². The fraction of sp³-hybridized carbons (Fsp3) is 0.625. The second-order valence-electron chi connectivity index (χ2n) is 5.89. The van der Waals surface area contributed by atoms with E-state index in [0.29, 0.717) is 6.61 Å². The SMILES string of the molecule is CCOc1c(Br)cc(CNC(C)(C)C2CC2)cc1OC. The molecule has 0 spiro atoms. The smallest absolute Gasteiger partial charge is 0.175 e. The molecular weight excluding hydrogens is 318 g/mol. The van der Waals surface area contributed by atoms with Gasteiger partial charge in [0, 0.05) is 12.1 Å². The molecule has 20 heavy (non-hydrogen) atoms. The van der Waals surface area contributed by atoms with E-state index in [1.54, 1.807) is 7.11 Å². The topological polar surface area (TPSA) is 30.5 Å². The maximum Gasteiger partial charge on any atom is 0.175 e. The van der Waals surface area contributed by atoms with E-state index in [-0.39, 0.29) is 5.54 Å². The minimum atomic E-state index is 0.207. The van der Waals surface area contributed by atoms with Gasteiger partial charge < -0.3 is 14.8 Å². The summed E-state index contributed by atoms with van der Waals surface area (Å²) in [7, 11) is 1.68. The Hall–Kier alpha value is -0.740. The summed E-state index contributed by atoms with van der Waals surface area (Å²) in [6.07, 6.45) is 2.69. The first-order chi connectivity index (χ1) is 9.47. The van der Waals surface area contributed by atoms with E-state index in [4.69, 9.17) is 9.47 Å². The fourth-order valence-electron chi connectivity index (χ4n) is 2.44. The number of methoxy groups -OCH3 is 1. The summed E-state index contributed by atoms with van der Waals surface area (Å²) in [6, 6.07) is 4.15. The van der Waals surface area contributed by atoms with Gasteiger partial charge in [0.1, 0.15) is 0 Å². The number of hydrogen-bond acceptors (Lipinski definition) is 3. The van der Waals surface area contributed by atoms with E-state index in [9.17, 15) is 0 Å². The molecule has 0 unspecified atom stereocenters. The van der Waals surface area contributed by atoms with Crippen molar-refractivity contribution in [2.75, 3.05) is 13.7 Å². The van der Waals surface area contributed by atoms with Crippen LogP contribution in [0.3, 0.4) is 0 Å². The highest BCUT2D eigenvalue weighted by Gasteiger charge is 2.37. The fourth-order valence-corrected chi connectivity index (χ4v) is 3.04. The van der Waals surface area contributed by atoms with Gasteiger partial charge in [-0.2, -0.15) is 0 Å². The average Bonchev–Trinajstić information content (AvgIpc) is 3.24. The second-order valence-corrected chi connectivity index (χ2v) is 6.75. The maximum absolute atomic E-state index is 5.62. The molecule has 0 radical (unpaired) electrons. The van der Waals surface area contributed by atoms with Gasteiger partial charge in [-0.05, 0) is 73.2 Å². The van der Waals surface area contributed by atoms with Gasteiger partial charge >= 0.3 is 0 Å². The molecule has 0 aromatic heterocycles. The lowest BCUT2D eigenvalue weighted by molar-refractivity contribution is 0.307. The van der Waals surface area contributed by atoms with Crippen molar-refractivity contribution < 1.29 is 9.47 Å². The minimum absolute atomic E-state index is 0.207. The standard InChI is InChI=1S/C16H24BrNO2/c1-5-20-15-13(17)8-11(9-14(15)19-4)10-18-16(2,3)12-6-7-12/h8-9,12,18H,5-7,10H2,1-4H3. The van der Waals surface area contributed by atoms with Gasteiger partial charge in [-0.15, -0.1) is 0 Å². The van der Waals surface area contributed by atoms with E-state index in [0.717, 1.165) is 28.4 Å². The Labute approximate surface area is 130 Å². The molecule has 1 aromatic rings. The van der Waals surface area contributed by atoms with Crippen LogP contribution in [0.5, 0.6) is 11.5 Å². The molecule has 0 atom stereocenters. The summed E-state index contributed by atoms with van der Waals surface area (Å²) in [5.74, 6) is 2.37. The molecule has 1 aliphatic carbocycles. The van der Waals surface area contributed by atoms with E-state index in [1.807, 2.05) is 13.0 Å². The third kappa shape index (κ3) is 3.67. The molecule has 2 rings (SSSR count). The highest BCUT2D eigenvalue weighted by Crippen LogP contribution is 2.40. The molecule has 112 valence electrons. The zero-order valence-corrected chi connectivity index (χ0v) is 14.3. The average molecular weight is 342 g/mol. The molecule has 0 saturated heterocycles. The van der Waals surface area contributed by atoms with E-state index >= 15 is 0 Å². The molecular formula is C16H24BrNO2. The molecule has 1 N–H and O–H groups in total. The van der Waals surface area contributed by atoms with Crippen molar-refractivity contribution in [2.45, 2.75) is 45.7 Å².